The molecule has 1 aromatic heterocycles. The largest absolute Gasteiger partial charge is 0.481 e. The van der Waals surface area contributed by atoms with E-state index in [-0.39, 0.29) is 12.1 Å². The average Bonchev–Trinajstić information content (AvgIpc) is 2.96. The van der Waals surface area contributed by atoms with E-state index < -0.39 is 16.1 Å². The molecule has 0 fully saturated rings. The molecule has 122 valence electrons. The summed E-state index contributed by atoms with van der Waals surface area (Å²) in [6.45, 7) is 0. The number of rotatable bonds is 6. The van der Waals surface area contributed by atoms with Gasteiger partial charge >= 0.3 is 5.97 Å². The molecule has 1 unspecified atom stereocenters. The van der Waals surface area contributed by atoms with Gasteiger partial charge in [-0.2, -0.15) is 0 Å². The number of hydrogen-bond acceptors (Lipinski definition) is 5. The number of benzene rings is 2. The van der Waals surface area contributed by atoms with Gasteiger partial charge in [0.15, 0.2) is 5.16 Å². The van der Waals surface area contributed by atoms with Crippen LogP contribution in [0.1, 0.15) is 17.2 Å². The van der Waals surface area contributed by atoms with Crippen molar-refractivity contribution in [1.82, 2.24) is 9.97 Å². The normalized spacial score (nSPS) is 12.2. The van der Waals surface area contributed by atoms with Crippen LogP contribution in [0, 0.1) is 10.1 Å². The standard InChI is InChI=1S/C16H13N3O4S/c20-15(21)9-14(10-4-3-5-11(8-10)19(22)23)24-16-17-12-6-1-2-7-13(12)18-16/h1-8,14H,9H2,(H,17,18)(H,20,21). The molecule has 1 heterocycles. The first kappa shape index (κ1) is 16.0. The Balaban J connectivity index is 1.92. The first-order chi connectivity index (χ1) is 11.5. The van der Waals surface area contributed by atoms with E-state index in [0.717, 1.165) is 11.0 Å². The van der Waals surface area contributed by atoms with Crippen LogP contribution in [0.3, 0.4) is 0 Å². The third-order valence-corrected chi connectivity index (χ3v) is 4.57. The van der Waals surface area contributed by atoms with Gasteiger partial charge in [0.1, 0.15) is 0 Å². The number of fused-ring (bicyclic) bond motifs is 1. The predicted octanol–water partition coefficient (Wildman–Crippen LogP) is 3.78. The molecule has 0 saturated carbocycles. The number of H-pyrrole nitrogens is 1. The minimum Gasteiger partial charge on any atom is -0.481 e. The van der Waals surface area contributed by atoms with Gasteiger partial charge in [-0.05, 0) is 17.7 Å². The molecular weight excluding hydrogens is 330 g/mol. The number of thioether (sulfide) groups is 1. The Hall–Kier alpha value is -2.87. The second kappa shape index (κ2) is 6.71. The van der Waals surface area contributed by atoms with Gasteiger partial charge in [-0.3, -0.25) is 14.9 Å². The van der Waals surface area contributed by atoms with Crippen molar-refractivity contribution in [3.63, 3.8) is 0 Å². The van der Waals surface area contributed by atoms with Gasteiger partial charge < -0.3 is 10.1 Å². The molecule has 0 aliphatic heterocycles. The van der Waals surface area contributed by atoms with Crippen LogP contribution >= 0.6 is 11.8 Å². The Morgan fingerprint density at radius 1 is 1.29 bits per heavy atom. The maximum atomic E-state index is 11.2. The monoisotopic (exact) mass is 343 g/mol. The smallest absolute Gasteiger partial charge is 0.304 e. The second-order valence-corrected chi connectivity index (χ2v) is 6.31. The fourth-order valence-electron chi connectivity index (χ4n) is 2.34. The second-order valence-electron chi connectivity index (χ2n) is 5.12. The van der Waals surface area contributed by atoms with Crippen LogP contribution in [-0.2, 0) is 4.79 Å². The maximum Gasteiger partial charge on any atom is 0.304 e. The molecular formula is C16H13N3O4S. The SMILES string of the molecule is O=C(O)CC(Sc1nc2ccccc2[nH]1)c1cccc([N+](=O)[O-])c1. The minimum atomic E-state index is -0.977. The Bertz CT molecular complexity index is 876. The molecule has 0 aliphatic carbocycles. The van der Waals surface area contributed by atoms with Gasteiger partial charge in [0, 0.05) is 17.4 Å². The fraction of sp³-hybridized carbons (Fsp3) is 0.125. The number of nitro groups is 1. The number of carboxylic acids is 1. The number of para-hydroxylation sites is 2. The number of nitrogens with one attached hydrogen (secondary N) is 1. The van der Waals surface area contributed by atoms with E-state index in [2.05, 4.69) is 9.97 Å². The van der Waals surface area contributed by atoms with Crippen molar-refractivity contribution in [2.75, 3.05) is 0 Å². The van der Waals surface area contributed by atoms with Gasteiger partial charge in [-0.25, -0.2) is 4.98 Å². The van der Waals surface area contributed by atoms with Crippen LogP contribution in [0.15, 0.2) is 53.7 Å². The fourth-order valence-corrected chi connectivity index (χ4v) is 3.44. The first-order valence-electron chi connectivity index (χ1n) is 7.10. The van der Waals surface area contributed by atoms with Crippen LogP contribution in [0.2, 0.25) is 0 Å². The Morgan fingerprint density at radius 3 is 2.79 bits per heavy atom. The van der Waals surface area contributed by atoms with Crippen molar-refractivity contribution in [1.29, 1.82) is 0 Å². The third kappa shape index (κ3) is 3.54. The molecule has 0 bridgehead atoms. The van der Waals surface area contributed by atoms with Gasteiger partial charge in [-0.15, -0.1) is 0 Å². The van der Waals surface area contributed by atoms with E-state index in [9.17, 15) is 14.9 Å². The van der Waals surface area contributed by atoms with E-state index in [1.165, 1.54) is 23.9 Å². The van der Waals surface area contributed by atoms with Gasteiger partial charge in [0.2, 0.25) is 0 Å². The molecule has 0 radical (unpaired) electrons. The van der Waals surface area contributed by atoms with Crippen molar-refractivity contribution in [2.24, 2.45) is 0 Å². The summed E-state index contributed by atoms with van der Waals surface area (Å²) >= 11 is 1.25. The van der Waals surface area contributed by atoms with E-state index in [0.29, 0.717) is 10.7 Å². The molecule has 0 saturated heterocycles. The van der Waals surface area contributed by atoms with Crippen molar-refractivity contribution in [2.45, 2.75) is 16.8 Å². The summed E-state index contributed by atoms with van der Waals surface area (Å²) in [6, 6.07) is 13.5. The topological polar surface area (TPSA) is 109 Å². The zero-order valence-corrected chi connectivity index (χ0v) is 13.2. The third-order valence-electron chi connectivity index (χ3n) is 3.43. The first-order valence-corrected chi connectivity index (χ1v) is 7.98. The average molecular weight is 343 g/mol. The lowest BCUT2D eigenvalue weighted by Crippen LogP contribution is -2.04. The molecule has 2 N–H and O–H groups in total. The number of nitro benzene ring substituents is 1. The molecule has 0 amide bonds. The van der Waals surface area contributed by atoms with Crippen molar-refractivity contribution in [3.8, 4) is 0 Å². The molecule has 1 atom stereocenters. The number of aromatic nitrogens is 2. The summed E-state index contributed by atoms with van der Waals surface area (Å²) in [6.07, 6.45) is -0.164. The van der Waals surface area contributed by atoms with Crippen molar-refractivity contribution in [3.05, 3.63) is 64.2 Å². The molecule has 0 aliphatic rings. The number of hydrogen-bond donors (Lipinski definition) is 2. The number of aliphatic carboxylic acids is 1. The maximum absolute atomic E-state index is 11.2. The highest BCUT2D eigenvalue weighted by atomic mass is 32.2. The van der Waals surface area contributed by atoms with Crippen LogP contribution in [0.25, 0.3) is 11.0 Å². The van der Waals surface area contributed by atoms with Crippen LogP contribution in [-0.4, -0.2) is 26.0 Å². The predicted molar refractivity (Wildman–Crippen MR) is 90.0 cm³/mol. The number of nitrogens with zero attached hydrogens (tertiary/aromatic N) is 2. The highest BCUT2D eigenvalue weighted by Crippen LogP contribution is 2.38. The Morgan fingerprint density at radius 2 is 2.08 bits per heavy atom. The van der Waals surface area contributed by atoms with Crippen LogP contribution < -0.4 is 0 Å². The van der Waals surface area contributed by atoms with Gasteiger partial charge in [0.05, 0.1) is 22.4 Å². The van der Waals surface area contributed by atoms with Crippen LogP contribution in [0.4, 0.5) is 5.69 Å². The van der Waals surface area contributed by atoms with Crippen molar-refractivity contribution < 1.29 is 14.8 Å². The number of non-ortho nitro benzene ring substituents is 1. The summed E-state index contributed by atoms with van der Waals surface area (Å²) in [7, 11) is 0. The zero-order valence-electron chi connectivity index (χ0n) is 12.4. The number of carboxylic acid groups (broad SMARTS) is 1. The summed E-state index contributed by atoms with van der Waals surface area (Å²) < 4.78 is 0. The van der Waals surface area contributed by atoms with E-state index >= 15 is 0 Å². The Labute approximate surface area is 140 Å². The summed E-state index contributed by atoms with van der Waals surface area (Å²) in [5, 5.41) is 20.2. The molecule has 24 heavy (non-hydrogen) atoms. The van der Waals surface area contributed by atoms with E-state index in [1.54, 1.807) is 12.1 Å². The molecule has 7 nitrogen and oxygen atoms in total. The molecule has 2 aromatic carbocycles. The lowest BCUT2D eigenvalue weighted by molar-refractivity contribution is -0.384. The molecule has 8 heteroatoms. The van der Waals surface area contributed by atoms with Gasteiger partial charge in [-0.1, -0.05) is 36.0 Å². The van der Waals surface area contributed by atoms with Crippen LogP contribution in [0.5, 0.6) is 0 Å². The molecule has 3 aromatic rings. The van der Waals surface area contributed by atoms with E-state index in [4.69, 9.17) is 5.11 Å². The summed E-state index contributed by atoms with van der Waals surface area (Å²) in [5.74, 6) is -0.977. The van der Waals surface area contributed by atoms with Crippen molar-refractivity contribution >= 4 is 34.5 Å². The number of aromatic amines is 1. The highest BCUT2D eigenvalue weighted by molar-refractivity contribution is 7.99. The number of imidazole rings is 1. The zero-order chi connectivity index (χ0) is 17.1. The lowest BCUT2D eigenvalue weighted by atomic mass is 10.1. The molecule has 3 rings (SSSR count). The molecule has 0 spiro atoms. The minimum absolute atomic E-state index is 0.0619. The van der Waals surface area contributed by atoms with Gasteiger partial charge in [0.25, 0.3) is 5.69 Å². The number of carbonyl (C=O) groups is 1. The lowest BCUT2D eigenvalue weighted by Gasteiger charge is -2.13. The quantitative estimate of drug-likeness (QED) is 0.400. The van der Waals surface area contributed by atoms with E-state index in [1.807, 2.05) is 24.3 Å². The summed E-state index contributed by atoms with van der Waals surface area (Å²) in [5.41, 5.74) is 2.16. The highest BCUT2D eigenvalue weighted by Gasteiger charge is 2.21. The summed E-state index contributed by atoms with van der Waals surface area (Å²) in [4.78, 5) is 29.2. The Kier molecular flexibility index (Phi) is 4.48.